The van der Waals surface area contributed by atoms with Gasteiger partial charge in [0.25, 0.3) is 0 Å². The lowest BCUT2D eigenvalue weighted by Gasteiger charge is -2.24. The summed E-state index contributed by atoms with van der Waals surface area (Å²) >= 11 is 0. The molecule has 6 heteroatoms. The number of carboxylic acids is 1. The maximum absolute atomic E-state index is 10.9. The van der Waals surface area contributed by atoms with Crippen LogP contribution >= 0.6 is 0 Å². The van der Waals surface area contributed by atoms with Gasteiger partial charge in [0, 0.05) is 0 Å². The molecule has 0 aliphatic rings. The molecule has 5 N–H and O–H groups in total. The van der Waals surface area contributed by atoms with E-state index in [1.54, 1.807) is 6.92 Å². The molecule has 25 heavy (non-hydrogen) atoms. The summed E-state index contributed by atoms with van der Waals surface area (Å²) in [5.41, 5.74) is 5.30. The maximum atomic E-state index is 10.9. The van der Waals surface area contributed by atoms with Gasteiger partial charge < -0.3 is 25.8 Å². The molecule has 0 saturated heterocycles. The number of rotatable bonds is 6. The molecule has 0 bridgehead atoms. The number of carboxylic acid groups (broad SMARTS) is 1. The van der Waals surface area contributed by atoms with E-state index in [0.29, 0.717) is 12.2 Å². The third-order valence-corrected chi connectivity index (χ3v) is 3.73. The van der Waals surface area contributed by atoms with E-state index in [2.05, 4.69) is 0 Å². The molecule has 0 aliphatic carbocycles. The monoisotopic (exact) mass is 347 g/mol. The minimum atomic E-state index is -1.23. The molecule has 0 unspecified atom stereocenters. The van der Waals surface area contributed by atoms with Crippen LogP contribution in [0.5, 0.6) is 11.5 Å². The lowest BCUT2D eigenvalue weighted by Crippen LogP contribution is -2.40. The number of phenols is 1. The standard InChI is InChI=1S/C11H14O4.C8H11NO/c1-3-11(2,10(13)14)15-9-6-4-8(12)5-7-9;9-8(6-10)7-4-2-1-3-5-7/h4-7,12H,3H2,1-2H3,(H,13,14);1-5,8,10H,6,9H2/t11-;8-/m10/s1. The summed E-state index contributed by atoms with van der Waals surface area (Å²) in [5.74, 6) is -0.450. The molecule has 2 atom stereocenters. The zero-order chi connectivity index (χ0) is 18.9. The molecular formula is C19H25NO5. The Balaban J connectivity index is 0.000000271. The Morgan fingerprint density at radius 2 is 1.72 bits per heavy atom. The van der Waals surface area contributed by atoms with Gasteiger partial charge in [0.1, 0.15) is 11.5 Å². The number of carbonyl (C=O) groups is 1. The number of aliphatic carboxylic acids is 1. The second kappa shape index (κ2) is 9.66. The van der Waals surface area contributed by atoms with Crippen LogP contribution in [0.1, 0.15) is 31.9 Å². The first kappa shape index (κ1) is 20.5. The van der Waals surface area contributed by atoms with Crippen molar-refractivity contribution in [3.05, 3.63) is 60.2 Å². The molecular weight excluding hydrogens is 322 g/mol. The highest BCUT2D eigenvalue weighted by molar-refractivity contribution is 5.77. The van der Waals surface area contributed by atoms with E-state index in [1.807, 2.05) is 30.3 Å². The topological polar surface area (TPSA) is 113 Å². The molecule has 0 fully saturated rings. The van der Waals surface area contributed by atoms with Gasteiger partial charge in [0.2, 0.25) is 5.60 Å². The number of ether oxygens (including phenoxy) is 1. The predicted molar refractivity (Wildman–Crippen MR) is 95.5 cm³/mol. The number of hydrogen-bond donors (Lipinski definition) is 4. The smallest absolute Gasteiger partial charge is 0.347 e. The summed E-state index contributed by atoms with van der Waals surface area (Å²) in [7, 11) is 0. The van der Waals surface area contributed by atoms with Crippen molar-refractivity contribution < 1.29 is 24.9 Å². The summed E-state index contributed by atoms with van der Waals surface area (Å²) < 4.78 is 5.36. The average molecular weight is 347 g/mol. The highest BCUT2D eigenvalue weighted by atomic mass is 16.5. The zero-order valence-electron chi connectivity index (χ0n) is 14.4. The van der Waals surface area contributed by atoms with Crippen molar-refractivity contribution in [1.29, 1.82) is 0 Å². The molecule has 0 aromatic heterocycles. The van der Waals surface area contributed by atoms with Crippen LogP contribution in [0, 0.1) is 0 Å². The lowest BCUT2D eigenvalue weighted by molar-refractivity contribution is -0.154. The van der Waals surface area contributed by atoms with Crippen molar-refractivity contribution in [3.63, 3.8) is 0 Å². The fourth-order valence-corrected chi connectivity index (χ4v) is 1.85. The van der Waals surface area contributed by atoms with Crippen molar-refractivity contribution in [2.24, 2.45) is 5.73 Å². The van der Waals surface area contributed by atoms with Gasteiger partial charge in [-0.1, -0.05) is 37.3 Å². The first-order chi connectivity index (χ1) is 11.8. The molecule has 2 aromatic rings. The summed E-state index contributed by atoms with van der Waals surface area (Å²) in [6, 6.07) is 15.3. The van der Waals surface area contributed by atoms with Crippen molar-refractivity contribution in [3.8, 4) is 11.5 Å². The lowest BCUT2D eigenvalue weighted by atomic mass is 10.0. The number of nitrogens with two attached hydrogens (primary N) is 1. The molecule has 0 aliphatic heterocycles. The van der Waals surface area contributed by atoms with Crippen molar-refractivity contribution >= 4 is 5.97 Å². The minimum Gasteiger partial charge on any atom is -0.508 e. The number of aliphatic hydroxyl groups is 1. The Morgan fingerprint density at radius 1 is 1.16 bits per heavy atom. The Kier molecular flexibility index (Phi) is 7.91. The normalized spacial score (nSPS) is 13.8. The Labute approximate surface area is 147 Å². The second-order valence-corrected chi connectivity index (χ2v) is 5.69. The van der Waals surface area contributed by atoms with Gasteiger partial charge in [-0.15, -0.1) is 0 Å². The van der Waals surface area contributed by atoms with Crippen LogP contribution in [-0.2, 0) is 4.79 Å². The van der Waals surface area contributed by atoms with Gasteiger partial charge in [-0.25, -0.2) is 4.79 Å². The van der Waals surface area contributed by atoms with Crippen molar-refractivity contribution in [2.75, 3.05) is 6.61 Å². The van der Waals surface area contributed by atoms with Crippen LogP contribution in [0.3, 0.4) is 0 Å². The van der Waals surface area contributed by atoms with Crippen molar-refractivity contribution in [1.82, 2.24) is 0 Å². The first-order valence-corrected chi connectivity index (χ1v) is 7.95. The molecule has 6 nitrogen and oxygen atoms in total. The van der Waals surface area contributed by atoms with E-state index in [9.17, 15) is 4.79 Å². The third kappa shape index (κ3) is 6.45. The van der Waals surface area contributed by atoms with Gasteiger partial charge in [0.15, 0.2) is 0 Å². The summed E-state index contributed by atoms with van der Waals surface area (Å²) in [4.78, 5) is 10.9. The Bertz CT molecular complexity index is 645. The number of hydrogen-bond acceptors (Lipinski definition) is 5. The van der Waals surface area contributed by atoms with Crippen LogP contribution in [-0.4, -0.2) is 33.5 Å². The highest BCUT2D eigenvalue weighted by Crippen LogP contribution is 2.23. The largest absolute Gasteiger partial charge is 0.508 e. The van der Waals surface area contributed by atoms with E-state index < -0.39 is 11.6 Å². The van der Waals surface area contributed by atoms with Crippen LogP contribution < -0.4 is 10.5 Å². The Hall–Kier alpha value is -2.57. The van der Waals surface area contributed by atoms with Gasteiger partial charge in [-0.05, 0) is 43.2 Å². The van der Waals surface area contributed by atoms with E-state index in [1.165, 1.54) is 31.2 Å². The molecule has 0 amide bonds. The number of aliphatic hydroxyl groups excluding tert-OH is 1. The molecule has 0 saturated carbocycles. The molecule has 0 radical (unpaired) electrons. The SMILES string of the molecule is CC[C@@](C)(Oc1ccc(O)cc1)C(=O)O.N[C@@H](CO)c1ccccc1. The molecule has 136 valence electrons. The quantitative estimate of drug-likeness (QED) is 0.639. The van der Waals surface area contributed by atoms with Crippen LogP contribution in [0.25, 0.3) is 0 Å². The Morgan fingerprint density at radius 3 is 2.16 bits per heavy atom. The number of phenolic OH excluding ortho intramolecular Hbond substituents is 1. The van der Waals surface area contributed by atoms with Crippen LogP contribution in [0.2, 0.25) is 0 Å². The number of benzene rings is 2. The summed E-state index contributed by atoms with van der Waals surface area (Å²) in [6.07, 6.45) is 0.364. The maximum Gasteiger partial charge on any atom is 0.347 e. The van der Waals surface area contributed by atoms with E-state index >= 15 is 0 Å². The fraction of sp³-hybridized carbons (Fsp3) is 0.316. The minimum absolute atomic E-state index is 0.00398. The third-order valence-electron chi connectivity index (χ3n) is 3.73. The van der Waals surface area contributed by atoms with Gasteiger partial charge in [0.05, 0.1) is 12.6 Å². The van der Waals surface area contributed by atoms with E-state index in [0.717, 1.165) is 5.56 Å². The number of aromatic hydroxyl groups is 1. The summed E-state index contributed by atoms with van der Waals surface area (Å²) in [6.45, 7) is 3.26. The molecule has 0 heterocycles. The molecule has 2 rings (SSSR count). The van der Waals surface area contributed by atoms with Gasteiger partial charge in [-0.3, -0.25) is 0 Å². The molecule has 2 aromatic carbocycles. The van der Waals surface area contributed by atoms with Crippen molar-refractivity contribution in [2.45, 2.75) is 31.9 Å². The van der Waals surface area contributed by atoms with E-state index in [-0.39, 0.29) is 18.4 Å². The highest BCUT2D eigenvalue weighted by Gasteiger charge is 2.33. The van der Waals surface area contributed by atoms with Gasteiger partial charge in [-0.2, -0.15) is 0 Å². The predicted octanol–water partition coefficient (Wildman–Crippen LogP) is 2.70. The van der Waals surface area contributed by atoms with Crippen LogP contribution in [0.15, 0.2) is 54.6 Å². The van der Waals surface area contributed by atoms with E-state index in [4.69, 9.17) is 25.8 Å². The second-order valence-electron chi connectivity index (χ2n) is 5.69. The van der Waals surface area contributed by atoms with Gasteiger partial charge >= 0.3 is 5.97 Å². The zero-order valence-corrected chi connectivity index (χ0v) is 14.4. The average Bonchev–Trinajstić information content (AvgIpc) is 2.64. The fourth-order valence-electron chi connectivity index (χ4n) is 1.85. The van der Waals surface area contributed by atoms with Crippen LogP contribution in [0.4, 0.5) is 0 Å². The molecule has 0 spiro atoms. The summed E-state index contributed by atoms with van der Waals surface area (Å²) in [5, 5.41) is 26.7. The first-order valence-electron chi connectivity index (χ1n) is 7.95.